The average molecular weight is 387 g/mol. The van der Waals surface area contributed by atoms with Crippen LogP contribution in [0.2, 0.25) is 0 Å². The van der Waals surface area contributed by atoms with Crippen molar-refractivity contribution in [2.45, 2.75) is 97.5 Å². The topological polar surface area (TPSA) is 18.5 Å². The Morgan fingerprint density at radius 1 is 0.962 bits per heavy atom. The van der Waals surface area contributed by atoms with E-state index in [1.807, 2.05) is 7.11 Å². The maximum atomic E-state index is 5.87. The van der Waals surface area contributed by atoms with Crippen LogP contribution in [-0.2, 0) is 9.47 Å². The van der Waals surface area contributed by atoms with E-state index in [0.717, 1.165) is 37.4 Å². The number of ether oxygens (including phenoxy) is 2. The second kappa shape index (κ2) is 16.3. The molecule has 0 saturated carbocycles. The molecule has 5 unspecified atom stereocenters. The summed E-state index contributed by atoms with van der Waals surface area (Å²) < 4.78 is 11.1. The molecule has 0 amide bonds. The highest BCUT2D eigenvalue weighted by Gasteiger charge is 2.24. The van der Waals surface area contributed by atoms with Gasteiger partial charge in [-0.25, -0.2) is 0 Å². The molecule has 1 aliphatic rings. The van der Waals surface area contributed by atoms with Gasteiger partial charge < -0.3 is 9.47 Å². The number of hydrogen-bond donors (Lipinski definition) is 0. The minimum atomic E-state index is 0.446. The lowest BCUT2D eigenvalue weighted by Crippen LogP contribution is -2.21. The highest BCUT2D eigenvalue weighted by molar-refractivity contribution is 7.37. The first-order chi connectivity index (χ1) is 12.7. The molecule has 2 nitrogen and oxygen atoms in total. The molecule has 1 fully saturated rings. The largest absolute Gasteiger partial charge is 0.385 e. The smallest absolute Gasteiger partial charge is 0.0547 e. The van der Waals surface area contributed by atoms with E-state index < -0.39 is 0 Å². The molecule has 0 N–H and O–H groups in total. The Balaban J connectivity index is 2.40. The maximum Gasteiger partial charge on any atom is 0.0547 e. The fourth-order valence-corrected chi connectivity index (χ4v) is 6.28. The Labute approximate surface area is 166 Å². The second-order valence-electron chi connectivity index (χ2n) is 8.49. The first-order valence-electron chi connectivity index (χ1n) is 11.5. The van der Waals surface area contributed by atoms with Crippen LogP contribution in [0.1, 0.15) is 91.4 Å². The van der Waals surface area contributed by atoms with Gasteiger partial charge in [-0.15, -0.1) is 8.58 Å². The van der Waals surface area contributed by atoms with E-state index in [2.05, 4.69) is 20.8 Å². The van der Waals surface area contributed by atoms with Crippen LogP contribution in [0.25, 0.3) is 0 Å². The van der Waals surface area contributed by atoms with Gasteiger partial charge in [0, 0.05) is 20.3 Å². The van der Waals surface area contributed by atoms with Crippen molar-refractivity contribution in [3.63, 3.8) is 0 Å². The fourth-order valence-electron chi connectivity index (χ4n) is 4.55. The van der Waals surface area contributed by atoms with Gasteiger partial charge in [0.1, 0.15) is 0 Å². The average Bonchev–Trinajstić information content (AvgIpc) is 2.61. The van der Waals surface area contributed by atoms with Crippen LogP contribution < -0.4 is 0 Å². The molecule has 0 bridgehead atoms. The Bertz CT molecular complexity index is 311. The molecule has 0 spiro atoms. The molecular formula is C23H47O2P. The van der Waals surface area contributed by atoms with Crippen LogP contribution in [0.3, 0.4) is 0 Å². The number of hydrogen-bond acceptors (Lipinski definition) is 2. The van der Waals surface area contributed by atoms with Crippen LogP contribution in [-0.4, -0.2) is 38.8 Å². The van der Waals surface area contributed by atoms with Crippen LogP contribution in [0.5, 0.6) is 0 Å². The lowest BCUT2D eigenvalue weighted by atomic mass is 9.80. The third kappa shape index (κ3) is 11.3. The molecule has 0 radical (unpaired) electrons. The predicted octanol–water partition coefficient (Wildman–Crippen LogP) is 6.91. The maximum absolute atomic E-state index is 5.87. The molecule has 1 rings (SSSR count). The number of methoxy groups -OCH3 is 1. The standard InChI is InChI=1S/C23H47O2P/c1-5-9-22(12-7-10-20(3)25-16-6-2)23-14-13-21(11-8-17-24-4)15-18-26-19-23/h20-23,26H,5-19H2,1-4H3. The Hall–Kier alpha value is 0.350. The number of rotatable bonds is 14. The van der Waals surface area contributed by atoms with Gasteiger partial charge >= 0.3 is 0 Å². The van der Waals surface area contributed by atoms with E-state index in [0.29, 0.717) is 6.10 Å². The summed E-state index contributed by atoms with van der Waals surface area (Å²) in [6.45, 7) is 8.69. The zero-order valence-electron chi connectivity index (χ0n) is 18.2. The van der Waals surface area contributed by atoms with Gasteiger partial charge in [-0.1, -0.05) is 46.0 Å². The van der Waals surface area contributed by atoms with Crippen LogP contribution in [0.4, 0.5) is 0 Å². The highest BCUT2D eigenvalue weighted by atomic mass is 31.1. The molecule has 1 heterocycles. The van der Waals surface area contributed by atoms with Crippen molar-refractivity contribution < 1.29 is 9.47 Å². The molecule has 0 aromatic rings. The van der Waals surface area contributed by atoms with Gasteiger partial charge in [-0.2, -0.15) is 0 Å². The molecule has 5 atom stereocenters. The zero-order chi connectivity index (χ0) is 19.0. The van der Waals surface area contributed by atoms with Gasteiger partial charge in [-0.05, 0) is 75.5 Å². The molecule has 0 aromatic heterocycles. The summed E-state index contributed by atoms with van der Waals surface area (Å²) in [6, 6.07) is 0. The molecule has 3 heteroatoms. The Morgan fingerprint density at radius 3 is 2.54 bits per heavy atom. The van der Waals surface area contributed by atoms with Crippen LogP contribution in [0.15, 0.2) is 0 Å². The minimum absolute atomic E-state index is 0.446. The summed E-state index contributed by atoms with van der Waals surface area (Å²) in [5.74, 6) is 2.92. The monoisotopic (exact) mass is 386 g/mol. The Kier molecular flexibility index (Phi) is 15.3. The third-order valence-corrected chi connectivity index (χ3v) is 7.62. The summed E-state index contributed by atoms with van der Waals surface area (Å²) in [5, 5.41) is 0. The molecule has 156 valence electrons. The summed E-state index contributed by atoms with van der Waals surface area (Å²) >= 11 is 0. The lowest BCUT2D eigenvalue weighted by Gasteiger charge is -2.31. The first-order valence-corrected chi connectivity index (χ1v) is 12.9. The summed E-state index contributed by atoms with van der Waals surface area (Å²) in [4.78, 5) is 0. The zero-order valence-corrected chi connectivity index (χ0v) is 19.2. The predicted molar refractivity (Wildman–Crippen MR) is 118 cm³/mol. The van der Waals surface area contributed by atoms with E-state index in [1.165, 1.54) is 85.1 Å². The van der Waals surface area contributed by atoms with E-state index in [-0.39, 0.29) is 0 Å². The molecule has 1 saturated heterocycles. The van der Waals surface area contributed by atoms with Crippen molar-refractivity contribution in [3.8, 4) is 0 Å². The normalized spacial score (nSPS) is 24.9. The van der Waals surface area contributed by atoms with Crippen molar-refractivity contribution in [2.75, 3.05) is 32.6 Å². The van der Waals surface area contributed by atoms with Crippen LogP contribution >= 0.6 is 8.58 Å². The fraction of sp³-hybridized carbons (Fsp3) is 1.00. The summed E-state index contributed by atoms with van der Waals surface area (Å²) in [6.07, 6.45) is 18.4. The molecule has 26 heavy (non-hydrogen) atoms. The molecule has 0 aliphatic carbocycles. The SMILES string of the molecule is CCCOC(C)CCCC(CCC)C1CCC(CCCOC)CCPC1. The summed E-state index contributed by atoms with van der Waals surface area (Å²) in [7, 11) is 3.04. The minimum Gasteiger partial charge on any atom is -0.385 e. The second-order valence-corrected chi connectivity index (χ2v) is 9.90. The first kappa shape index (κ1) is 24.4. The molecule has 1 aliphatic heterocycles. The van der Waals surface area contributed by atoms with Gasteiger partial charge in [0.2, 0.25) is 0 Å². The van der Waals surface area contributed by atoms with Gasteiger partial charge in [0.05, 0.1) is 6.10 Å². The van der Waals surface area contributed by atoms with Crippen LogP contribution in [0, 0.1) is 17.8 Å². The van der Waals surface area contributed by atoms with Gasteiger partial charge in [0.15, 0.2) is 0 Å². The third-order valence-electron chi connectivity index (χ3n) is 6.16. The van der Waals surface area contributed by atoms with E-state index in [4.69, 9.17) is 9.47 Å². The Morgan fingerprint density at radius 2 is 1.81 bits per heavy atom. The lowest BCUT2D eigenvalue weighted by molar-refractivity contribution is 0.0574. The molecule has 0 aromatic carbocycles. The van der Waals surface area contributed by atoms with E-state index in [9.17, 15) is 0 Å². The quantitative estimate of drug-likeness (QED) is 0.238. The molecular weight excluding hydrogens is 339 g/mol. The van der Waals surface area contributed by atoms with Crippen molar-refractivity contribution in [3.05, 3.63) is 0 Å². The van der Waals surface area contributed by atoms with E-state index >= 15 is 0 Å². The van der Waals surface area contributed by atoms with Crippen molar-refractivity contribution in [1.82, 2.24) is 0 Å². The van der Waals surface area contributed by atoms with Crippen molar-refractivity contribution in [2.24, 2.45) is 17.8 Å². The highest BCUT2D eigenvalue weighted by Crippen LogP contribution is 2.37. The van der Waals surface area contributed by atoms with Crippen molar-refractivity contribution >= 4 is 8.58 Å². The van der Waals surface area contributed by atoms with Crippen molar-refractivity contribution in [1.29, 1.82) is 0 Å². The van der Waals surface area contributed by atoms with Gasteiger partial charge in [-0.3, -0.25) is 0 Å². The summed E-state index contributed by atoms with van der Waals surface area (Å²) in [5.41, 5.74) is 0. The van der Waals surface area contributed by atoms with Gasteiger partial charge in [0.25, 0.3) is 0 Å². The van der Waals surface area contributed by atoms with E-state index in [1.54, 1.807) is 0 Å².